The first kappa shape index (κ1) is 15.0. The van der Waals surface area contributed by atoms with E-state index >= 15 is 0 Å². The zero-order valence-corrected chi connectivity index (χ0v) is 10.8. The van der Waals surface area contributed by atoms with E-state index in [4.69, 9.17) is 10.5 Å². The lowest BCUT2D eigenvalue weighted by molar-refractivity contribution is -0.142. The van der Waals surface area contributed by atoms with Gasteiger partial charge in [-0.3, -0.25) is 4.79 Å². The highest BCUT2D eigenvalue weighted by Gasteiger charge is 2.13. The molecule has 3 N–H and O–H groups in total. The summed E-state index contributed by atoms with van der Waals surface area (Å²) in [5.41, 5.74) is 6.42. The largest absolute Gasteiger partial charge is 0.468 e. The van der Waals surface area contributed by atoms with Crippen LogP contribution in [0.5, 0.6) is 0 Å². The highest BCUT2D eigenvalue weighted by Crippen LogP contribution is 2.00. The maximum Gasteiger partial charge on any atom is 0.407 e. The van der Waals surface area contributed by atoms with Crippen LogP contribution in [-0.2, 0) is 20.9 Å². The molecule has 0 heterocycles. The van der Waals surface area contributed by atoms with Crippen LogP contribution in [-0.4, -0.2) is 31.8 Å². The number of ether oxygens (including phenoxy) is 2. The molecule has 0 saturated carbocycles. The highest BCUT2D eigenvalue weighted by molar-refractivity contribution is 5.75. The Morgan fingerprint density at radius 1 is 1.32 bits per heavy atom. The minimum absolute atomic E-state index is 0.204. The van der Waals surface area contributed by atoms with Crippen LogP contribution in [0, 0.1) is 0 Å². The summed E-state index contributed by atoms with van der Waals surface area (Å²) in [6, 6.07) is 8.61. The molecule has 0 radical (unpaired) electrons. The second-order valence-electron chi connectivity index (χ2n) is 3.91. The summed E-state index contributed by atoms with van der Waals surface area (Å²) in [7, 11) is 1.27. The molecule has 1 atom stereocenters. The number of nitrogens with one attached hydrogen (secondary N) is 1. The van der Waals surface area contributed by atoms with Gasteiger partial charge in [0.15, 0.2) is 0 Å². The van der Waals surface area contributed by atoms with Crippen molar-refractivity contribution < 1.29 is 19.1 Å². The van der Waals surface area contributed by atoms with Crippen LogP contribution in [0.15, 0.2) is 30.3 Å². The van der Waals surface area contributed by atoms with Crippen molar-refractivity contribution >= 4 is 12.1 Å². The van der Waals surface area contributed by atoms with Gasteiger partial charge >= 0.3 is 12.1 Å². The van der Waals surface area contributed by atoms with Gasteiger partial charge in [-0.1, -0.05) is 30.3 Å². The van der Waals surface area contributed by atoms with Gasteiger partial charge < -0.3 is 20.5 Å². The molecule has 1 aromatic rings. The predicted molar refractivity (Wildman–Crippen MR) is 69.2 cm³/mol. The first-order chi connectivity index (χ1) is 9.13. The number of alkyl carbamates (subject to hydrolysis) is 1. The molecule has 6 heteroatoms. The molecule has 1 aromatic carbocycles. The van der Waals surface area contributed by atoms with Gasteiger partial charge in [-0.2, -0.15) is 0 Å². The summed E-state index contributed by atoms with van der Waals surface area (Å²) < 4.78 is 9.46. The number of benzene rings is 1. The monoisotopic (exact) mass is 266 g/mol. The van der Waals surface area contributed by atoms with Gasteiger partial charge in [0.25, 0.3) is 0 Å². The number of hydrogen-bond donors (Lipinski definition) is 2. The number of esters is 1. The molecule has 0 saturated heterocycles. The third-order valence-corrected chi connectivity index (χ3v) is 2.44. The quantitative estimate of drug-likeness (QED) is 0.743. The molecule has 0 spiro atoms. The van der Waals surface area contributed by atoms with Crippen LogP contribution >= 0.6 is 0 Å². The summed E-state index contributed by atoms with van der Waals surface area (Å²) in [5, 5.41) is 2.51. The van der Waals surface area contributed by atoms with E-state index in [0.717, 1.165) is 5.56 Å². The maximum atomic E-state index is 11.3. The Morgan fingerprint density at radius 2 is 2.00 bits per heavy atom. The van der Waals surface area contributed by atoms with Crippen LogP contribution in [0.1, 0.15) is 12.0 Å². The van der Waals surface area contributed by atoms with Crippen LogP contribution in [0.4, 0.5) is 4.79 Å². The van der Waals surface area contributed by atoms with E-state index in [9.17, 15) is 9.59 Å². The first-order valence-electron chi connectivity index (χ1n) is 5.91. The first-order valence-corrected chi connectivity index (χ1v) is 5.91. The summed E-state index contributed by atoms with van der Waals surface area (Å²) in [6.45, 7) is 0.458. The predicted octanol–water partition coefficient (Wildman–Crippen LogP) is 0.803. The molecule has 0 aliphatic carbocycles. The zero-order chi connectivity index (χ0) is 14.1. The van der Waals surface area contributed by atoms with Crippen LogP contribution < -0.4 is 11.1 Å². The van der Waals surface area contributed by atoms with Crippen molar-refractivity contribution in [3.63, 3.8) is 0 Å². The number of nitrogens with two attached hydrogens (primary N) is 1. The van der Waals surface area contributed by atoms with Crippen LogP contribution in [0.2, 0.25) is 0 Å². The lowest BCUT2D eigenvalue weighted by atomic mass is 10.2. The normalized spacial score (nSPS) is 11.5. The van der Waals surface area contributed by atoms with E-state index in [0.29, 0.717) is 6.42 Å². The number of carbonyl (C=O) groups is 2. The van der Waals surface area contributed by atoms with Gasteiger partial charge in [0.2, 0.25) is 0 Å². The standard InChI is InChI=1S/C13H18N2O4/c1-18-12(16)11(14)7-8-15-13(17)19-9-10-5-3-2-4-6-10/h2-6,11H,7-9,14H2,1H3,(H,15,17)/t11-/m0/s1. The van der Waals surface area contributed by atoms with Crippen molar-refractivity contribution in [2.45, 2.75) is 19.1 Å². The smallest absolute Gasteiger partial charge is 0.407 e. The van der Waals surface area contributed by atoms with Crippen molar-refractivity contribution in [3.05, 3.63) is 35.9 Å². The number of rotatable bonds is 6. The van der Waals surface area contributed by atoms with E-state index < -0.39 is 18.1 Å². The Balaban J connectivity index is 2.16. The fraction of sp³-hybridized carbons (Fsp3) is 0.385. The molecule has 1 amide bonds. The average Bonchev–Trinajstić information content (AvgIpc) is 2.45. The minimum Gasteiger partial charge on any atom is -0.468 e. The van der Waals surface area contributed by atoms with Gasteiger partial charge in [-0.25, -0.2) is 4.79 Å². The van der Waals surface area contributed by atoms with E-state index in [-0.39, 0.29) is 13.2 Å². The summed E-state index contributed by atoms with van der Waals surface area (Å²) >= 11 is 0. The van der Waals surface area contributed by atoms with Crippen molar-refractivity contribution in [1.82, 2.24) is 5.32 Å². The summed E-state index contributed by atoms with van der Waals surface area (Å²) in [5.74, 6) is -0.501. The molecular weight excluding hydrogens is 248 g/mol. The molecule has 0 aliphatic rings. The molecule has 104 valence electrons. The van der Waals surface area contributed by atoms with Crippen LogP contribution in [0.25, 0.3) is 0 Å². The molecule has 0 unspecified atom stereocenters. The molecule has 19 heavy (non-hydrogen) atoms. The van der Waals surface area contributed by atoms with Gasteiger partial charge in [-0.15, -0.1) is 0 Å². The lowest BCUT2D eigenvalue weighted by Gasteiger charge is -2.10. The molecule has 0 bridgehead atoms. The Bertz CT molecular complexity index is 408. The maximum absolute atomic E-state index is 11.3. The van der Waals surface area contributed by atoms with E-state index in [1.165, 1.54) is 7.11 Å². The second kappa shape index (κ2) is 8.10. The van der Waals surface area contributed by atoms with Crippen molar-refractivity contribution in [1.29, 1.82) is 0 Å². The van der Waals surface area contributed by atoms with Crippen molar-refractivity contribution in [2.75, 3.05) is 13.7 Å². The second-order valence-corrected chi connectivity index (χ2v) is 3.91. The number of carbonyl (C=O) groups excluding carboxylic acids is 2. The molecule has 0 fully saturated rings. The summed E-state index contributed by atoms with van der Waals surface area (Å²) in [4.78, 5) is 22.4. The van der Waals surface area contributed by atoms with E-state index in [1.807, 2.05) is 30.3 Å². The number of hydrogen-bond acceptors (Lipinski definition) is 5. The SMILES string of the molecule is COC(=O)[C@@H](N)CCNC(=O)OCc1ccccc1. The van der Waals surface area contributed by atoms with E-state index in [1.54, 1.807) is 0 Å². The van der Waals surface area contributed by atoms with Crippen molar-refractivity contribution in [2.24, 2.45) is 5.73 Å². The lowest BCUT2D eigenvalue weighted by Crippen LogP contribution is -2.36. The van der Waals surface area contributed by atoms with Gasteiger partial charge in [0.1, 0.15) is 12.6 Å². The third kappa shape index (κ3) is 5.87. The van der Waals surface area contributed by atoms with Gasteiger partial charge in [-0.05, 0) is 12.0 Å². The number of amides is 1. The highest BCUT2D eigenvalue weighted by atomic mass is 16.5. The molecule has 0 aliphatic heterocycles. The van der Waals surface area contributed by atoms with Gasteiger partial charge in [0.05, 0.1) is 7.11 Å². The van der Waals surface area contributed by atoms with Crippen molar-refractivity contribution in [3.8, 4) is 0 Å². The van der Waals surface area contributed by atoms with Crippen LogP contribution in [0.3, 0.4) is 0 Å². The Kier molecular flexibility index (Phi) is 6.38. The minimum atomic E-state index is -0.737. The fourth-order valence-corrected chi connectivity index (χ4v) is 1.37. The van der Waals surface area contributed by atoms with E-state index in [2.05, 4.69) is 10.1 Å². The van der Waals surface area contributed by atoms with Gasteiger partial charge in [0, 0.05) is 6.54 Å². The molecular formula is C13H18N2O4. The third-order valence-electron chi connectivity index (χ3n) is 2.44. The molecule has 6 nitrogen and oxygen atoms in total. The Hall–Kier alpha value is -2.08. The average molecular weight is 266 g/mol. The molecule has 1 rings (SSSR count). The number of methoxy groups -OCH3 is 1. The Labute approximate surface area is 111 Å². The molecule has 0 aromatic heterocycles. The zero-order valence-electron chi connectivity index (χ0n) is 10.8. The summed E-state index contributed by atoms with van der Waals surface area (Å²) in [6.07, 6.45) is -0.242. The topological polar surface area (TPSA) is 90.6 Å². The fourth-order valence-electron chi connectivity index (χ4n) is 1.37. The Morgan fingerprint density at radius 3 is 2.63 bits per heavy atom.